The van der Waals surface area contributed by atoms with Crippen molar-refractivity contribution in [1.29, 1.82) is 0 Å². The summed E-state index contributed by atoms with van der Waals surface area (Å²) in [6.45, 7) is 1.95. The third-order valence-corrected chi connectivity index (χ3v) is 6.67. The van der Waals surface area contributed by atoms with Crippen LogP contribution in [0.25, 0.3) is 5.69 Å². The number of hydrogen-bond donors (Lipinski definition) is 1. The zero-order valence-electron chi connectivity index (χ0n) is 17.5. The standard InChI is InChI=1S/C25H20FN3O2S/c1-15-22-23(17-8-13-20(30)21(14-17)31-2)32-25(16-6-4-3-5-7-16)27-24(22)29(28-15)19-11-9-18(26)10-12-19/h3-14,23,30H,1-2H3/t23-/m0/s1. The zero-order chi connectivity index (χ0) is 22.2. The molecule has 1 aliphatic rings. The van der Waals surface area contributed by atoms with Crippen LogP contribution in [0.1, 0.15) is 27.6 Å². The van der Waals surface area contributed by atoms with E-state index < -0.39 is 0 Å². The van der Waals surface area contributed by atoms with Crippen LogP contribution in [0.5, 0.6) is 11.5 Å². The summed E-state index contributed by atoms with van der Waals surface area (Å²) in [6, 6.07) is 21.6. The molecule has 7 heteroatoms. The van der Waals surface area contributed by atoms with Crippen LogP contribution >= 0.6 is 11.8 Å². The summed E-state index contributed by atoms with van der Waals surface area (Å²) in [5.41, 5.74) is 4.52. The van der Waals surface area contributed by atoms with E-state index in [4.69, 9.17) is 14.8 Å². The lowest BCUT2D eigenvalue weighted by Gasteiger charge is -2.24. The summed E-state index contributed by atoms with van der Waals surface area (Å²) < 4.78 is 20.6. The first-order valence-electron chi connectivity index (χ1n) is 10.1. The van der Waals surface area contributed by atoms with Gasteiger partial charge in [0.1, 0.15) is 10.9 Å². The van der Waals surface area contributed by atoms with E-state index in [0.29, 0.717) is 11.6 Å². The minimum atomic E-state index is -0.301. The maximum atomic E-state index is 13.5. The number of nitrogens with zero attached hydrogens (tertiary/aromatic N) is 3. The van der Waals surface area contributed by atoms with E-state index in [0.717, 1.165) is 33.1 Å². The van der Waals surface area contributed by atoms with Crippen molar-refractivity contribution in [1.82, 2.24) is 9.78 Å². The van der Waals surface area contributed by atoms with E-state index in [9.17, 15) is 9.50 Å². The fourth-order valence-corrected chi connectivity index (χ4v) is 5.11. The predicted molar refractivity (Wildman–Crippen MR) is 125 cm³/mol. The van der Waals surface area contributed by atoms with Crippen molar-refractivity contribution in [3.8, 4) is 17.2 Å². The summed E-state index contributed by atoms with van der Waals surface area (Å²) in [5.74, 6) is 0.915. The second-order valence-electron chi connectivity index (χ2n) is 7.42. The number of methoxy groups -OCH3 is 1. The third kappa shape index (κ3) is 3.54. The van der Waals surface area contributed by atoms with Gasteiger partial charge in [-0.05, 0) is 48.9 Å². The van der Waals surface area contributed by atoms with Crippen molar-refractivity contribution in [2.75, 3.05) is 7.11 Å². The Hall–Kier alpha value is -3.58. The Balaban J connectivity index is 1.72. The molecule has 0 amide bonds. The van der Waals surface area contributed by atoms with E-state index in [2.05, 4.69) is 0 Å². The topological polar surface area (TPSA) is 59.6 Å². The molecule has 1 N–H and O–H groups in total. The Bertz CT molecular complexity index is 1320. The van der Waals surface area contributed by atoms with Crippen LogP contribution in [-0.2, 0) is 0 Å². The predicted octanol–water partition coefficient (Wildman–Crippen LogP) is 5.95. The average molecular weight is 446 g/mol. The molecular formula is C25H20FN3O2S. The first-order chi connectivity index (χ1) is 15.5. The molecule has 4 aromatic rings. The number of fused-ring (bicyclic) bond motifs is 1. The van der Waals surface area contributed by atoms with E-state index in [1.54, 1.807) is 34.6 Å². The van der Waals surface area contributed by atoms with Gasteiger partial charge >= 0.3 is 0 Å². The second kappa shape index (κ2) is 8.16. The van der Waals surface area contributed by atoms with Crippen LogP contribution in [0, 0.1) is 12.7 Å². The van der Waals surface area contributed by atoms with Crippen molar-refractivity contribution < 1.29 is 14.2 Å². The Morgan fingerprint density at radius 3 is 2.50 bits per heavy atom. The smallest absolute Gasteiger partial charge is 0.161 e. The van der Waals surface area contributed by atoms with Gasteiger partial charge < -0.3 is 9.84 Å². The normalized spacial score (nSPS) is 15.2. The number of benzene rings is 3. The molecule has 5 nitrogen and oxygen atoms in total. The van der Waals surface area contributed by atoms with Crippen molar-refractivity contribution in [3.63, 3.8) is 0 Å². The van der Waals surface area contributed by atoms with Gasteiger partial charge in [0.15, 0.2) is 17.3 Å². The van der Waals surface area contributed by atoms with Crippen LogP contribution in [0.4, 0.5) is 10.2 Å². The molecule has 0 radical (unpaired) electrons. The lowest BCUT2D eigenvalue weighted by atomic mass is 10.0. The molecule has 0 spiro atoms. The molecule has 1 atom stereocenters. The van der Waals surface area contributed by atoms with Gasteiger partial charge in [0.25, 0.3) is 0 Å². The van der Waals surface area contributed by atoms with Gasteiger partial charge in [-0.15, -0.1) is 0 Å². The first-order valence-corrected chi connectivity index (χ1v) is 11.0. The highest BCUT2D eigenvalue weighted by Gasteiger charge is 2.32. The Morgan fingerprint density at radius 1 is 1.03 bits per heavy atom. The number of aromatic hydroxyl groups is 1. The van der Waals surface area contributed by atoms with Crippen LogP contribution in [0.2, 0.25) is 0 Å². The van der Waals surface area contributed by atoms with Gasteiger partial charge in [-0.3, -0.25) is 0 Å². The molecule has 0 unspecified atom stereocenters. The molecule has 2 heterocycles. The zero-order valence-corrected chi connectivity index (χ0v) is 18.3. The number of hydrogen-bond acceptors (Lipinski definition) is 5. The lowest BCUT2D eigenvalue weighted by molar-refractivity contribution is 0.373. The van der Waals surface area contributed by atoms with Crippen molar-refractivity contribution in [3.05, 3.63) is 101 Å². The molecule has 3 aromatic carbocycles. The molecule has 0 aliphatic carbocycles. The van der Waals surface area contributed by atoms with E-state index >= 15 is 0 Å². The minimum absolute atomic E-state index is 0.0907. The average Bonchev–Trinajstić information content (AvgIpc) is 3.16. The van der Waals surface area contributed by atoms with Gasteiger partial charge in [-0.1, -0.05) is 48.2 Å². The number of aliphatic imine (C=N–C) groups is 1. The SMILES string of the molecule is COc1cc([C@@H]2SC(c3ccccc3)=Nc3c2c(C)nn3-c2ccc(F)cc2)ccc1O. The number of phenolic OH excluding ortho intramolecular Hbond substituents is 1. The second-order valence-corrected chi connectivity index (χ2v) is 8.52. The van der Waals surface area contributed by atoms with Gasteiger partial charge in [-0.25, -0.2) is 14.1 Å². The van der Waals surface area contributed by atoms with E-state index in [-0.39, 0.29) is 16.8 Å². The van der Waals surface area contributed by atoms with Crippen LogP contribution in [0.15, 0.2) is 77.8 Å². The maximum Gasteiger partial charge on any atom is 0.161 e. The summed E-state index contributed by atoms with van der Waals surface area (Å²) in [6.07, 6.45) is 0. The minimum Gasteiger partial charge on any atom is -0.504 e. The van der Waals surface area contributed by atoms with E-state index in [1.165, 1.54) is 19.2 Å². The number of halogens is 1. The van der Waals surface area contributed by atoms with Crippen LogP contribution < -0.4 is 4.74 Å². The lowest BCUT2D eigenvalue weighted by Crippen LogP contribution is -2.10. The maximum absolute atomic E-state index is 13.5. The van der Waals surface area contributed by atoms with Crippen molar-refractivity contribution >= 4 is 22.6 Å². The molecule has 5 rings (SSSR count). The van der Waals surface area contributed by atoms with Gasteiger partial charge in [0, 0.05) is 11.1 Å². The largest absolute Gasteiger partial charge is 0.504 e. The van der Waals surface area contributed by atoms with Gasteiger partial charge in [0.05, 0.1) is 23.7 Å². The molecular weight excluding hydrogens is 425 g/mol. The number of phenols is 1. The van der Waals surface area contributed by atoms with Crippen LogP contribution in [0.3, 0.4) is 0 Å². The molecule has 160 valence electrons. The molecule has 0 saturated carbocycles. The van der Waals surface area contributed by atoms with E-state index in [1.807, 2.05) is 49.4 Å². The number of thioether (sulfide) groups is 1. The highest BCUT2D eigenvalue weighted by Crippen LogP contribution is 2.49. The number of rotatable bonds is 4. The summed E-state index contributed by atoms with van der Waals surface area (Å²) in [5, 5.41) is 15.6. The summed E-state index contributed by atoms with van der Waals surface area (Å²) >= 11 is 1.63. The molecule has 0 saturated heterocycles. The Labute approximate surface area is 189 Å². The third-order valence-electron chi connectivity index (χ3n) is 5.38. The molecule has 1 aromatic heterocycles. The van der Waals surface area contributed by atoms with Crippen molar-refractivity contribution in [2.45, 2.75) is 12.2 Å². The fourth-order valence-electron chi connectivity index (χ4n) is 3.80. The summed E-state index contributed by atoms with van der Waals surface area (Å²) in [7, 11) is 1.53. The quantitative estimate of drug-likeness (QED) is 0.422. The van der Waals surface area contributed by atoms with Crippen molar-refractivity contribution in [2.24, 2.45) is 4.99 Å². The van der Waals surface area contributed by atoms with Gasteiger partial charge in [-0.2, -0.15) is 5.10 Å². The molecule has 32 heavy (non-hydrogen) atoms. The first kappa shape index (κ1) is 20.3. The molecule has 0 bridgehead atoms. The molecule has 1 aliphatic heterocycles. The number of aromatic nitrogens is 2. The number of aryl methyl sites for hydroxylation is 1. The Kier molecular flexibility index (Phi) is 5.19. The highest BCUT2D eigenvalue weighted by molar-refractivity contribution is 8.14. The summed E-state index contributed by atoms with van der Waals surface area (Å²) in [4.78, 5) is 4.98. The monoisotopic (exact) mass is 445 g/mol. The fraction of sp³-hybridized carbons (Fsp3) is 0.120. The highest BCUT2D eigenvalue weighted by atomic mass is 32.2. The molecule has 0 fully saturated rings. The van der Waals surface area contributed by atoms with Gasteiger partial charge in [0.2, 0.25) is 0 Å². The van der Waals surface area contributed by atoms with Crippen LogP contribution in [-0.4, -0.2) is 27.0 Å². The Morgan fingerprint density at radius 2 is 1.78 bits per heavy atom. The number of ether oxygens (including phenoxy) is 1.